The molecule has 0 saturated heterocycles. The fraction of sp³-hybridized carbons (Fsp3) is 0.375. The first-order valence-electron chi connectivity index (χ1n) is 7.09. The summed E-state index contributed by atoms with van der Waals surface area (Å²) in [6.45, 7) is 3.09. The molecule has 0 aliphatic heterocycles. The second-order valence-corrected chi connectivity index (χ2v) is 4.86. The van der Waals surface area contributed by atoms with Crippen LogP contribution in [0.25, 0.3) is 10.9 Å². The first-order valence-corrected chi connectivity index (χ1v) is 7.09. The van der Waals surface area contributed by atoms with Crippen molar-refractivity contribution in [1.29, 1.82) is 0 Å². The fourth-order valence-electron chi connectivity index (χ4n) is 2.21. The third-order valence-electron chi connectivity index (χ3n) is 3.30. The van der Waals surface area contributed by atoms with Gasteiger partial charge in [-0.05, 0) is 30.7 Å². The molecule has 1 aromatic heterocycles. The van der Waals surface area contributed by atoms with Crippen LogP contribution in [0.2, 0.25) is 0 Å². The van der Waals surface area contributed by atoms with Gasteiger partial charge in [-0.3, -0.25) is 0 Å². The van der Waals surface area contributed by atoms with Gasteiger partial charge in [0.15, 0.2) is 0 Å². The van der Waals surface area contributed by atoms with Crippen LogP contribution in [-0.4, -0.2) is 22.6 Å². The molecule has 4 nitrogen and oxygen atoms in total. The summed E-state index contributed by atoms with van der Waals surface area (Å²) >= 11 is 0. The van der Waals surface area contributed by atoms with Crippen LogP contribution in [0.1, 0.15) is 43.0 Å². The van der Waals surface area contributed by atoms with E-state index in [1.165, 1.54) is 19.3 Å². The van der Waals surface area contributed by atoms with Crippen molar-refractivity contribution >= 4 is 22.7 Å². The Bertz CT molecular complexity index is 596. The maximum atomic E-state index is 11.1. The molecule has 0 saturated carbocycles. The van der Waals surface area contributed by atoms with Crippen molar-refractivity contribution in [3.63, 3.8) is 0 Å². The molecular formula is C16H20N2O2. The first kappa shape index (κ1) is 14.3. The van der Waals surface area contributed by atoms with E-state index in [2.05, 4.69) is 17.2 Å². The maximum absolute atomic E-state index is 11.1. The topological polar surface area (TPSA) is 62.2 Å². The zero-order valence-corrected chi connectivity index (χ0v) is 11.7. The largest absolute Gasteiger partial charge is 0.478 e. The minimum atomic E-state index is -0.919. The van der Waals surface area contributed by atoms with Gasteiger partial charge in [-0.2, -0.15) is 0 Å². The van der Waals surface area contributed by atoms with Crippen molar-refractivity contribution in [3.05, 3.63) is 35.9 Å². The molecule has 0 atom stereocenters. The smallest absolute Gasteiger partial charge is 0.336 e. The molecule has 0 spiro atoms. The quantitative estimate of drug-likeness (QED) is 0.750. The Morgan fingerprint density at radius 3 is 2.80 bits per heavy atom. The van der Waals surface area contributed by atoms with Gasteiger partial charge in [-0.1, -0.05) is 32.3 Å². The molecule has 0 aliphatic carbocycles. The highest BCUT2D eigenvalue weighted by Crippen LogP contribution is 2.19. The average molecular weight is 272 g/mol. The predicted molar refractivity (Wildman–Crippen MR) is 81.3 cm³/mol. The number of carbonyl (C=O) groups is 1. The summed E-state index contributed by atoms with van der Waals surface area (Å²) in [7, 11) is 0. The van der Waals surface area contributed by atoms with Crippen molar-refractivity contribution in [1.82, 2.24) is 4.98 Å². The van der Waals surface area contributed by atoms with Gasteiger partial charge >= 0.3 is 5.97 Å². The molecular weight excluding hydrogens is 252 g/mol. The Balaban J connectivity index is 2.08. The normalized spacial score (nSPS) is 10.7. The monoisotopic (exact) mass is 272 g/mol. The molecule has 1 heterocycles. The second-order valence-electron chi connectivity index (χ2n) is 4.86. The Labute approximate surface area is 118 Å². The number of unbranched alkanes of at least 4 members (excludes halogenated alkanes) is 3. The van der Waals surface area contributed by atoms with E-state index in [0.29, 0.717) is 16.5 Å². The Morgan fingerprint density at radius 1 is 1.20 bits per heavy atom. The third-order valence-corrected chi connectivity index (χ3v) is 3.30. The zero-order chi connectivity index (χ0) is 14.4. The molecule has 0 radical (unpaired) electrons. The highest BCUT2D eigenvalue weighted by atomic mass is 16.4. The number of hydrogen-bond donors (Lipinski definition) is 2. The molecule has 0 unspecified atom stereocenters. The molecule has 0 bridgehead atoms. The maximum Gasteiger partial charge on any atom is 0.336 e. The van der Waals surface area contributed by atoms with Crippen LogP contribution in [0.15, 0.2) is 30.3 Å². The molecule has 0 fully saturated rings. The van der Waals surface area contributed by atoms with E-state index in [-0.39, 0.29) is 0 Å². The minimum absolute atomic E-state index is 0.296. The van der Waals surface area contributed by atoms with Gasteiger partial charge in [0, 0.05) is 11.9 Å². The van der Waals surface area contributed by atoms with Crippen LogP contribution in [0, 0.1) is 0 Å². The predicted octanol–water partition coefficient (Wildman–Crippen LogP) is 3.93. The van der Waals surface area contributed by atoms with Crippen molar-refractivity contribution in [2.45, 2.75) is 32.6 Å². The van der Waals surface area contributed by atoms with E-state index in [4.69, 9.17) is 5.11 Å². The summed E-state index contributed by atoms with van der Waals surface area (Å²) in [5.41, 5.74) is 1.01. The van der Waals surface area contributed by atoms with Crippen molar-refractivity contribution in [3.8, 4) is 0 Å². The number of hydrogen-bond acceptors (Lipinski definition) is 3. The number of pyridine rings is 1. The van der Waals surface area contributed by atoms with Crippen LogP contribution in [0.4, 0.5) is 5.82 Å². The van der Waals surface area contributed by atoms with Gasteiger partial charge < -0.3 is 10.4 Å². The molecule has 2 rings (SSSR count). The number of aromatic carboxylic acids is 1. The van der Waals surface area contributed by atoms with Gasteiger partial charge in [0.05, 0.1) is 11.1 Å². The summed E-state index contributed by atoms with van der Waals surface area (Å²) in [6.07, 6.45) is 4.84. The van der Waals surface area contributed by atoms with Gasteiger partial charge in [0.1, 0.15) is 5.82 Å². The first-order chi connectivity index (χ1) is 9.72. The van der Waals surface area contributed by atoms with Crippen molar-refractivity contribution in [2.24, 2.45) is 0 Å². The molecule has 0 aliphatic rings. The van der Waals surface area contributed by atoms with Crippen LogP contribution in [0.3, 0.4) is 0 Å². The Morgan fingerprint density at radius 2 is 2.05 bits per heavy atom. The molecule has 20 heavy (non-hydrogen) atoms. The Hall–Kier alpha value is -2.10. The fourth-order valence-corrected chi connectivity index (χ4v) is 2.21. The lowest BCUT2D eigenvalue weighted by Gasteiger charge is -2.07. The lowest BCUT2D eigenvalue weighted by atomic mass is 10.1. The standard InChI is InChI=1S/C16H20N2O2/c1-2-3-4-5-11-17-15-10-9-12-13(16(19)20)7-6-8-14(12)18-15/h6-10H,2-5,11H2,1H3,(H,17,18)(H,19,20). The number of nitrogens with zero attached hydrogens (tertiary/aromatic N) is 1. The van der Waals surface area contributed by atoms with Crippen LogP contribution in [-0.2, 0) is 0 Å². The minimum Gasteiger partial charge on any atom is -0.478 e. The summed E-state index contributed by atoms with van der Waals surface area (Å²) in [4.78, 5) is 15.6. The van der Waals surface area contributed by atoms with E-state index in [0.717, 1.165) is 18.8 Å². The second kappa shape index (κ2) is 6.89. The van der Waals surface area contributed by atoms with E-state index in [1.807, 2.05) is 18.2 Å². The highest BCUT2D eigenvalue weighted by molar-refractivity contribution is 6.02. The van der Waals surface area contributed by atoms with Gasteiger partial charge in [-0.15, -0.1) is 0 Å². The number of benzene rings is 1. The van der Waals surface area contributed by atoms with E-state index in [9.17, 15) is 4.79 Å². The summed E-state index contributed by atoms with van der Waals surface area (Å²) in [5.74, 6) is -0.116. The molecule has 2 N–H and O–H groups in total. The SMILES string of the molecule is CCCCCCNc1ccc2c(C(=O)O)cccc2n1. The van der Waals surface area contributed by atoms with E-state index in [1.54, 1.807) is 12.1 Å². The summed E-state index contributed by atoms with van der Waals surface area (Å²) in [5, 5.41) is 13.1. The number of carboxylic acids is 1. The number of fused-ring (bicyclic) bond motifs is 1. The van der Waals surface area contributed by atoms with E-state index >= 15 is 0 Å². The number of carboxylic acid groups (broad SMARTS) is 1. The van der Waals surface area contributed by atoms with Gasteiger partial charge in [-0.25, -0.2) is 9.78 Å². The number of rotatable bonds is 7. The molecule has 1 aromatic carbocycles. The number of anilines is 1. The van der Waals surface area contributed by atoms with Crippen LogP contribution in [0.5, 0.6) is 0 Å². The molecule has 2 aromatic rings. The summed E-state index contributed by atoms with van der Waals surface area (Å²) < 4.78 is 0. The highest BCUT2D eigenvalue weighted by Gasteiger charge is 2.08. The lowest BCUT2D eigenvalue weighted by molar-refractivity contribution is 0.0699. The van der Waals surface area contributed by atoms with Crippen molar-refractivity contribution in [2.75, 3.05) is 11.9 Å². The average Bonchev–Trinajstić information content (AvgIpc) is 2.46. The van der Waals surface area contributed by atoms with E-state index < -0.39 is 5.97 Å². The molecule has 4 heteroatoms. The van der Waals surface area contributed by atoms with Gasteiger partial charge in [0.25, 0.3) is 0 Å². The molecule has 106 valence electrons. The third kappa shape index (κ3) is 3.47. The number of aromatic nitrogens is 1. The van der Waals surface area contributed by atoms with Gasteiger partial charge in [0.2, 0.25) is 0 Å². The lowest BCUT2D eigenvalue weighted by Crippen LogP contribution is -2.04. The van der Waals surface area contributed by atoms with Crippen molar-refractivity contribution < 1.29 is 9.90 Å². The zero-order valence-electron chi connectivity index (χ0n) is 11.7. The Kier molecular flexibility index (Phi) is 4.93. The number of nitrogens with one attached hydrogen (secondary N) is 1. The van der Waals surface area contributed by atoms with Crippen LogP contribution >= 0.6 is 0 Å². The summed E-state index contributed by atoms with van der Waals surface area (Å²) in [6, 6.07) is 8.83. The van der Waals surface area contributed by atoms with Crippen LogP contribution < -0.4 is 5.32 Å². The molecule has 0 amide bonds.